The highest BCUT2D eigenvalue weighted by molar-refractivity contribution is 6.05. The molecule has 4 aromatic rings. The molecule has 5 rings (SSSR count). The van der Waals surface area contributed by atoms with Gasteiger partial charge in [0.15, 0.2) is 17.3 Å². The van der Waals surface area contributed by atoms with Crippen LogP contribution in [0.4, 0.5) is 11.6 Å². The van der Waals surface area contributed by atoms with Crippen LogP contribution in [0.25, 0.3) is 11.4 Å². The van der Waals surface area contributed by atoms with E-state index in [1.807, 2.05) is 37.3 Å². The van der Waals surface area contributed by atoms with Gasteiger partial charge in [-0.25, -0.2) is 4.68 Å². The van der Waals surface area contributed by atoms with E-state index in [-0.39, 0.29) is 5.91 Å². The second-order valence-corrected chi connectivity index (χ2v) is 7.79. The average Bonchev–Trinajstić information content (AvgIpc) is 3.32. The van der Waals surface area contributed by atoms with Gasteiger partial charge in [0.05, 0.1) is 37.4 Å². The molecule has 1 atom stereocenters. The third kappa shape index (κ3) is 4.17. The Labute approximate surface area is 201 Å². The summed E-state index contributed by atoms with van der Waals surface area (Å²) in [5, 5.41) is 10.9. The number of nitrogens with zero attached hydrogens (tertiary/aromatic N) is 5. The number of carbonyl (C=O) groups excluding carboxylic acids is 1. The summed E-state index contributed by atoms with van der Waals surface area (Å²) in [4.78, 5) is 26.7. The van der Waals surface area contributed by atoms with Crippen LogP contribution in [0, 0.1) is 0 Å². The zero-order valence-electron chi connectivity index (χ0n) is 19.4. The molecule has 1 aromatic carbocycles. The first-order valence-corrected chi connectivity index (χ1v) is 10.9. The monoisotopic (exact) mass is 469 g/mol. The molecule has 0 fully saturated rings. The lowest BCUT2D eigenvalue weighted by Gasteiger charge is -2.27. The molecule has 4 heterocycles. The highest BCUT2D eigenvalue weighted by atomic mass is 16.5. The first-order chi connectivity index (χ1) is 17.1. The highest BCUT2D eigenvalue weighted by Gasteiger charge is 2.35. The van der Waals surface area contributed by atoms with Gasteiger partial charge in [0.25, 0.3) is 5.91 Å². The maximum absolute atomic E-state index is 13.4. The van der Waals surface area contributed by atoms with E-state index in [0.29, 0.717) is 45.9 Å². The fraction of sp³-hybridized carbons (Fsp3) is 0.160. The molecule has 2 N–H and O–H groups in total. The number of anilines is 2. The van der Waals surface area contributed by atoms with E-state index in [4.69, 9.17) is 19.6 Å². The number of carbonyl (C=O) groups is 1. The van der Waals surface area contributed by atoms with E-state index < -0.39 is 6.04 Å². The number of fused-ring (bicyclic) bond motifs is 1. The molecular weight excluding hydrogens is 446 g/mol. The topological polar surface area (TPSA) is 116 Å². The Bertz CT molecular complexity index is 1400. The Morgan fingerprint density at radius 1 is 1.06 bits per heavy atom. The fourth-order valence-corrected chi connectivity index (χ4v) is 3.99. The highest BCUT2D eigenvalue weighted by Crippen LogP contribution is 2.37. The minimum atomic E-state index is -0.592. The Morgan fingerprint density at radius 3 is 2.63 bits per heavy atom. The van der Waals surface area contributed by atoms with E-state index in [0.717, 1.165) is 5.56 Å². The molecule has 1 aliphatic heterocycles. The van der Waals surface area contributed by atoms with Crippen LogP contribution in [0.2, 0.25) is 0 Å². The minimum absolute atomic E-state index is 0.285. The summed E-state index contributed by atoms with van der Waals surface area (Å²) in [6, 6.07) is 14.0. The predicted molar refractivity (Wildman–Crippen MR) is 130 cm³/mol. The molecule has 176 valence electrons. The third-order valence-corrected chi connectivity index (χ3v) is 5.63. The van der Waals surface area contributed by atoms with E-state index in [2.05, 4.69) is 20.6 Å². The van der Waals surface area contributed by atoms with Crippen LogP contribution in [0.1, 0.15) is 18.7 Å². The molecule has 0 saturated carbocycles. The quantitative estimate of drug-likeness (QED) is 0.439. The first kappa shape index (κ1) is 22.1. The number of methoxy groups -OCH3 is 2. The summed E-state index contributed by atoms with van der Waals surface area (Å²) < 4.78 is 12.5. The lowest BCUT2D eigenvalue weighted by molar-refractivity contribution is -0.113. The van der Waals surface area contributed by atoms with Gasteiger partial charge in [-0.3, -0.25) is 14.8 Å². The van der Waals surface area contributed by atoms with Gasteiger partial charge in [0.1, 0.15) is 6.04 Å². The lowest BCUT2D eigenvalue weighted by Crippen LogP contribution is -2.32. The number of amides is 1. The zero-order chi connectivity index (χ0) is 24.4. The van der Waals surface area contributed by atoms with Crippen molar-refractivity contribution in [3.8, 4) is 22.9 Å². The number of ether oxygens (including phenoxy) is 2. The maximum Gasteiger partial charge on any atom is 0.255 e. The van der Waals surface area contributed by atoms with E-state index in [9.17, 15) is 4.79 Å². The van der Waals surface area contributed by atoms with E-state index >= 15 is 0 Å². The Kier molecular flexibility index (Phi) is 5.84. The predicted octanol–water partition coefficient (Wildman–Crippen LogP) is 3.68. The summed E-state index contributed by atoms with van der Waals surface area (Å²) in [5.74, 6) is 1.86. The van der Waals surface area contributed by atoms with E-state index in [1.165, 1.54) is 0 Å². The van der Waals surface area contributed by atoms with Crippen LogP contribution < -0.4 is 20.1 Å². The zero-order valence-corrected chi connectivity index (χ0v) is 19.4. The van der Waals surface area contributed by atoms with Crippen molar-refractivity contribution in [2.45, 2.75) is 13.0 Å². The second kappa shape index (κ2) is 9.26. The Morgan fingerprint density at radius 2 is 1.91 bits per heavy atom. The van der Waals surface area contributed by atoms with Crippen molar-refractivity contribution in [2.24, 2.45) is 0 Å². The molecule has 0 spiro atoms. The van der Waals surface area contributed by atoms with Gasteiger partial charge < -0.3 is 20.1 Å². The number of hydrogen-bond donors (Lipinski definition) is 2. The number of pyridine rings is 2. The summed E-state index contributed by atoms with van der Waals surface area (Å²) in [6.07, 6.45) is 4.93. The summed E-state index contributed by atoms with van der Waals surface area (Å²) >= 11 is 0. The van der Waals surface area contributed by atoms with Crippen molar-refractivity contribution in [1.82, 2.24) is 24.7 Å². The standard InChI is InChI=1S/C25H23N7O3/c1-15-21(24(33)29-17-7-6-11-26-14-17)22(18-8-4-5-12-27-18)32-25(28-15)30-23(31-32)16-9-10-19(34-2)20(13-16)35-3/h4-14,22H,1-3H3,(H,29,33)(H,28,30,31)/t22-/m0/s1. The molecule has 0 unspecified atom stereocenters. The Balaban J connectivity index is 1.58. The molecule has 1 aliphatic rings. The number of rotatable bonds is 6. The second-order valence-electron chi connectivity index (χ2n) is 7.79. The van der Waals surface area contributed by atoms with Gasteiger partial charge in [-0.1, -0.05) is 6.07 Å². The summed E-state index contributed by atoms with van der Waals surface area (Å²) in [5.41, 5.74) is 3.12. The molecule has 10 nitrogen and oxygen atoms in total. The molecule has 0 bridgehead atoms. The van der Waals surface area contributed by atoms with Gasteiger partial charge in [-0.15, -0.1) is 5.10 Å². The van der Waals surface area contributed by atoms with Gasteiger partial charge >= 0.3 is 0 Å². The molecule has 10 heteroatoms. The minimum Gasteiger partial charge on any atom is -0.493 e. The van der Waals surface area contributed by atoms with Crippen molar-refractivity contribution in [2.75, 3.05) is 24.9 Å². The van der Waals surface area contributed by atoms with Crippen molar-refractivity contribution < 1.29 is 14.3 Å². The van der Waals surface area contributed by atoms with Crippen LogP contribution in [0.15, 0.2) is 78.4 Å². The molecule has 0 aliphatic carbocycles. The molecule has 3 aromatic heterocycles. The molecule has 35 heavy (non-hydrogen) atoms. The average molecular weight is 470 g/mol. The van der Waals surface area contributed by atoms with Crippen molar-refractivity contribution in [3.05, 3.63) is 84.1 Å². The fourth-order valence-electron chi connectivity index (χ4n) is 3.99. The van der Waals surface area contributed by atoms with Gasteiger partial charge in [-0.2, -0.15) is 4.98 Å². The van der Waals surface area contributed by atoms with Crippen molar-refractivity contribution >= 4 is 17.5 Å². The molecule has 1 amide bonds. The van der Waals surface area contributed by atoms with Gasteiger partial charge in [0, 0.05) is 23.7 Å². The number of nitrogens with one attached hydrogen (secondary N) is 2. The van der Waals surface area contributed by atoms with Crippen molar-refractivity contribution in [3.63, 3.8) is 0 Å². The summed E-state index contributed by atoms with van der Waals surface area (Å²) in [6.45, 7) is 1.84. The molecular formula is C25H23N7O3. The third-order valence-electron chi connectivity index (χ3n) is 5.63. The van der Waals surface area contributed by atoms with Gasteiger partial charge in [0.2, 0.25) is 5.95 Å². The number of allylic oxidation sites excluding steroid dienone is 1. The number of benzene rings is 1. The SMILES string of the molecule is COc1ccc(-c2nc3n(n2)[C@@H](c2ccccn2)C(C(=O)Nc2cccnc2)=C(C)N3)cc1OC. The van der Waals surface area contributed by atoms with Crippen LogP contribution in [0.5, 0.6) is 11.5 Å². The summed E-state index contributed by atoms with van der Waals surface area (Å²) in [7, 11) is 3.16. The molecule has 0 radical (unpaired) electrons. The largest absolute Gasteiger partial charge is 0.493 e. The van der Waals surface area contributed by atoms with Crippen LogP contribution in [0.3, 0.4) is 0 Å². The van der Waals surface area contributed by atoms with Crippen LogP contribution in [-0.4, -0.2) is 44.9 Å². The lowest BCUT2D eigenvalue weighted by atomic mass is 9.98. The van der Waals surface area contributed by atoms with E-state index in [1.54, 1.807) is 55.7 Å². The van der Waals surface area contributed by atoms with Gasteiger partial charge in [-0.05, 0) is 49.4 Å². The number of aromatic nitrogens is 5. The van der Waals surface area contributed by atoms with Crippen molar-refractivity contribution in [1.29, 1.82) is 0 Å². The van der Waals surface area contributed by atoms with Crippen LogP contribution in [-0.2, 0) is 4.79 Å². The number of hydrogen-bond acceptors (Lipinski definition) is 8. The van der Waals surface area contributed by atoms with Crippen LogP contribution >= 0.6 is 0 Å². The first-order valence-electron chi connectivity index (χ1n) is 10.9. The Hall–Kier alpha value is -4.73. The molecule has 0 saturated heterocycles. The smallest absolute Gasteiger partial charge is 0.255 e. The maximum atomic E-state index is 13.4. The normalized spacial score (nSPS) is 14.7.